The Balaban J connectivity index is 1.32. The molecule has 1 amide bonds. The zero-order valence-electron chi connectivity index (χ0n) is 27.5. The van der Waals surface area contributed by atoms with Crippen LogP contribution in [0.15, 0.2) is 55.3 Å². The molecule has 47 heavy (non-hydrogen) atoms. The van der Waals surface area contributed by atoms with Crippen LogP contribution >= 0.6 is 0 Å². The maximum Gasteiger partial charge on any atom is 0.251 e. The normalized spacial score (nSPS) is 24.9. The van der Waals surface area contributed by atoms with E-state index < -0.39 is 5.41 Å². The Labute approximate surface area is 277 Å². The zero-order valence-corrected chi connectivity index (χ0v) is 27.5. The summed E-state index contributed by atoms with van der Waals surface area (Å²) >= 11 is 0. The fraction of sp³-hybridized carbons (Fsp3) is 0.486. The number of amides is 1. The molecule has 2 heterocycles. The van der Waals surface area contributed by atoms with Crippen LogP contribution in [0.25, 0.3) is 5.70 Å². The van der Waals surface area contributed by atoms with Crippen molar-refractivity contribution in [3.05, 3.63) is 94.5 Å². The highest BCUT2D eigenvalue weighted by atomic mass is 16.1. The molecule has 2 unspecified atom stereocenters. The summed E-state index contributed by atoms with van der Waals surface area (Å²) in [6.07, 6.45) is 7.56. The fourth-order valence-corrected chi connectivity index (χ4v) is 8.56. The molecular formula is C37H45N9O. The van der Waals surface area contributed by atoms with E-state index in [1.54, 1.807) is 0 Å². The number of tetrazole rings is 1. The molecule has 3 fully saturated rings. The molecule has 244 valence electrons. The predicted octanol–water partition coefficient (Wildman–Crippen LogP) is 4.37. The number of H-pyrrole nitrogens is 1. The van der Waals surface area contributed by atoms with Gasteiger partial charge in [0, 0.05) is 48.2 Å². The molecule has 3 aromatic rings. The number of aromatic amines is 1. The Morgan fingerprint density at radius 1 is 1.04 bits per heavy atom. The molecule has 2 saturated carbocycles. The summed E-state index contributed by atoms with van der Waals surface area (Å²) in [5.74, 6) is 1.26. The number of piperidine rings is 1. The van der Waals surface area contributed by atoms with Gasteiger partial charge in [-0.1, -0.05) is 31.4 Å². The second-order valence-corrected chi connectivity index (χ2v) is 13.8. The van der Waals surface area contributed by atoms with Crippen molar-refractivity contribution in [3.63, 3.8) is 0 Å². The quantitative estimate of drug-likeness (QED) is 0.232. The van der Waals surface area contributed by atoms with Crippen LogP contribution < -0.4 is 16.0 Å². The van der Waals surface area contributed by atoms with E-state index in [0.29, 0.717) is 36.4 Å². The van der Waals surface area contributed by atoms with Crippen molar-refractivity contribution >= 4 is 11.6 Å². The molecule has 7 rings (SSSR count). The van der Waals surface area contributed by atoms with E-state index in [1.165, 1.54) is 11.1 Å². The number of aromatic nitrogens is 4. The summed E-state index contributed by atoms with van der Waals surface area (Å²) in [7, 11) is 0. The van der Waals surface area contributed by atoms with Gasteiger partial charge in [-0.3, -0.25) is 4.79 Å². The molecule has 4 N–H and O–H groups in total. The lowest BCUT2D eigenvalue weighted by Gasteiger charge is -2.50. The monoisotopic (exact) mass is 631 g/mol. The number of benzene rings is 2. The number of carbonyl (C=O) groups is 1. The highest BCUT2D eigenvalue weighted by Gasteiger charge is 2.54. The van der Waals surface area contributed by atoms with Crippen LogP contribution in [-0.2, 0) is 18.3 Å². The smallest absolute Gasteiger partial charge is 0.251 e. The summed E-state index contributed by atoms with van der Waals surface area (Å²) < 4.78 is 0. The van der Waals surface area contributed by atoms with Crippen molar-refractivity contribution < 1.29 is 4.79 Å². The number of nitriles is 1. The third kappa shape index (κ3) is 5.40. The number of nitrogens with one attached hydrogen (secondary N) is 4. The third-order valence-electron chi connectivity index (χ3n) is 11.1. The van der Waals surface area contributed by atoms with E-state index >= 15 is 0 Å². The van der Waals surface area contributed by atoms with Crippen molar-refractivity contribution in [1.82, 2.24) is 41.5 Å². The first-order chi connectivity index (χ1) is 22.8. The van der Waals surface area contributed by atoms with Gasteiger partial charge in [-0.25, -0.2) is 5.10 Å². The number of aryl methyl sites for hydroxylation is 2. The summed E-state index contributed by atoms with van der Waals surface area (Å²) in [6.45, 7) is 14.8. The largest absolute Gasteiger partial charge is 0.385 e. The Bertz CT molecular complexity index is 1660. The van der Waals surface area contributed by atoms with Crippen molar-refractivity contribution in [2.24, 2.45) is 5.92 Å². The first-order valence-corrected chi connectivity index (χ1v) is 17.2. The molecule has 4 atom stereocenters. The van der Waals surface area contributed by atoms with Gasteiger partial charge in [-0.2, -0.15) is 5.26 Å². The van der Waals surface area contributed by atoms with E-state index in [4.69, 9.17) is 0 Å². The molecule has 10 nitrogen and oxygen atoms in total. The second kappa shape index (κ2) is 12.3. The Morgan fingerprint density at radius 3 is 2.36 bits per heavy atom. The minimum Gasteiger partial charge on any atom is -0.385 e. The fourth-order valence-electron chi connectivity index (χ4n) is 8.56. The molecule has 0 bridgehead atoms. The van der Waals surface area contributed by atoms with Gasteiger partial charge < -0.3 is 20.9 Å². The molecule has 1 aromatic heterocycles. The number of likely N-dealkylation sites (tertiary alicyclic amines) is 1. The Hall–Kier alpha value is -4.49. The minimum absolute atomic E-state index is 0.0700. The molecule has 1 saturated heterocycles. The van der Waals surface area contributed by atoms with Crippen molar-refractivity contribution in [1.29, 1.82) is 5.26 Å². The SMILES string of the molecule is C=C(NCC)c1ccc2c(c1)CCc1cc(C(=O)NCC)ccc1C2(CC1(NCC(=C)N2C(C#N)C[C@@H]3C[C@@H]32)CCC1)c1nnn[nH]1. The van der Waals surface area contributed by atoms with Gasteiger partial charge in [0.25, 0.3) is 5.91 Å². The van der Waals surface area contributed by atoms with Crippen LogP contribution in [0.5, 0.6) is 0 Å². The molecule has 4 aliphatic rings. The average Bonchev–Trinajstić information content (AvgIpc) is 3.44. The topological polar surface area (TPSA) is 135 Å². The summed E-state index contributed by atoms with van der Waals surface area (Å²) in [5.41, 5.74) is 7.35. The second-order valence-electron chi connectivity index (χ2n) is 13.8. The highest BCUT2D eigenvalue weighted by molar-refractivity contribution is 5.94. The lowest BCUT2D eigenvalue weighted by atomic mass is 9.60. The first kappa shape index (κ1) is 31.1. The maximum absolute atomic E-state index is 13.0. The summed E-state index contributed by atoms with van der Waals surface area (Å²) in [5, 5.41) is 36.2. The van der Waals surface area contributed by atoms with Crippen molar-refractivity contribution in [2.75, 3.05) is 19.6 Å². The average molecular weight is 632 g/mol. The predicted molar refractivity (Wildman–Crippen MR) is 181 cm³/mol. The van der Waals surface area contributed by atoms with Gasteiger partial charge in [0.2, 0.25) is 0 Å². The Kier molecular flexibility index (Phi) is 8.13. The van der Waals surface area contributed by atoms with Crippen LogP contribution in [0.4, 0.5) is 0 Å². The van der Waals surface area contributed by atoms with Crippen LogP contribution in [0.1, 0.15) is 96.4 Å². The number of carbonyl (C=O) groups excluding carboxylic acids is 1. The van der Waals surface area contributed by atoms with Crippen molar-refractivity contribution in [3.8, 4) is 6.07 Å². The van der Waals surface area contributed by atoms with E-state index in [2.05, 4.69) is 98.0 Å². The molecular weight excluding hydrogens is 586 g/mol. The number of hydrogen-bond donors (Lipinski definition) is 4. The van der Waals surface area contributed by atoms with Gasteiger partial charge in [0.05, 0.1) is 11.5 Å². The van der Waals surface area contributed by atoms with Crippen LogP contribution in [-0.4, -0.2) is 68.7 Å². The first-order valence-electron chi connectivity index (χ1n) is 17.2. The van der Waals surface area contributed by atoms with Gasteiger partial charge >= 0.3 is 0 Å². The van der Waals surface area contributed by atoms with Gasteiger partial charge in [0.1, 0.15) is 6.04 Å². The van der Waals surface area contributed by atoms with Gasteiger partial charge in [-0.05, 0) is 128 Å². The van der Waals surface area contributed by atoms with E-state index in [9.17, 15) is 10.1 Å². The zero-order chi connectivity index (χ0) is 32.8. The van der Waals surface area contributed by atoms with Gasteiger partial charge in [-0.15, -0.1) is 5.10 Å². The molecule has 0 radical (unpaired) electrons. The molecule has 2 aromatic carbocycles. The maximum atomic E-state index is 13.0. The number of rotatable bonds is 12. The van der Waals surface area contributed by atoms with Crippen LogP contribution in [0.2, 0.25) is 0 Å². The van der Waals surface area contributed by atoms with E-state index in [1.807, 2.05) is 13.0 Å². The van der Waals surface area contributed by atoms with Crippen LogP contribution in [0, 0.1) is 17.2 Å². The lowest BCUT2D eigenvalue weighted by Crippen LogP contribution is -2.57. The molecule has 0 spiro atoms. The number of hydrogen-bond acceptors (Lipinski definition) is 8. The number of fused-ring (bicyclic) bond motifs is 3. The Morgan fingerprint density at radius 2 is 1.74 bits per heavy atom. The summed E-state index contributed by atoms with van der Waals surface area (Å²) in [6, 6.07) is 15.7. The highest BCUT2D eigenvalue weighted by Crippen LogP contribution is 2.53. The number of nitrogens with zero attached hydrogens (tertiary/aromatic N) is 5. The standard InChI is InChI=1S/C37H45N9O/c1-5-39-24(4)25-10-12-31-26(16-25)8-9-27-17-28(34(47)40-6-2)11-13-32(27)37(31,35-42-44-45-43-35)22-36(14-7-15-36)41-21-23(3)46-30(20-38)18-29-19-33(29)46/h10-13,16-17,29-30,33,39,41H,3-9,14-15,18-19,21-22H2,1-2H3,(H,40,47)(H,42,43,44,45)/t29-,30?,33+,37?/m1/s1. The van der Waals surface area contributed by atoms with Crippen LogP contribution in [0.3, 0.4) is 0 Å². The molecule has 10 heteroatoms. The van der Waals surface area contributed by atoms with Crippen molar-refractivity contribution in [2.45, 2.75) is 88.3 Å². The van der Waals surface area contributed by atoms with E-state index in [0.717, 1.165) is 86.0 Å². The van der Waals surface area contributed by atoms with E-state index in [-0.39, 0.29) is 17.5 Å². The third-order valence-corrected chi connectivity index (χ3v) is 11.1. The molecule has 1 aliphatic heterocycles. The lowest BCUT2D eigenvalue weighted by molar-refractivity contribution is 0.0955. The van der Waals surface area contributed by atoms with Gasteiger partial charge in [0.15, 0.2) is 5.82 Å². The molecule has 3 aliphatic carbocycles. The summed E-state index contributed by atoms with van der Waals surface area (Å²) in [4.78, 5) is 15.3. The minimum atomic E-state index is -0.707.